The van der Waals surface area contributed by atoms with Gasteiger partial charge in [-0.15, -0.1) is 5.10 Å². The van der Waals surface area contributed by atoms with Gasteiger partial charge in [-0.25, -0.2) is 23.1 Å². The summed E-state index contributed by atoms with van der Waals surface area (Å²) < 4.78 is 62.4. The van der Waals surface area contributed by atoms with Gasteiger partial charge in [-0.3, -0.25) is 0 Å². The predicted octanol–water partition coefficient (Wildman–Crippen LogP) is 3.79. The molecule has 0 aliphatic carbocycles. The van der Waals surface area contributed by atoms with Crippen molar-refractivity contribution in [3.8, 4) is 22.4 Å². The number of aromatic nitrogens is 3. The van der Waals surface area contributed by atoms with Crippen molar-refractivity contribution in [3.63, 3.8) is 0 Å². The molecule has 0 saturated heterocycles. The molecule has 0 bridgehead atoms. The van der Waals surface area contributed by atoms with Crippen molar-refractivity contribution in [1.29, 1.82) is 0 Å². The SMILES string of the molecule is NS(=O)(=O)c1nn2cc(-c3ccc(-c4cccc(C(F)(F)F)c4)cc3)nc2s1. The fraction of sp³-hybridized carbons (Fsp3) is 0.0588. The minimum Gasteiger partial charge on any atom is -0.223 e. The number of hydrogen-bond acceptors (Lipinski definition) is 5. The number of sulfonamides is 1. The van der Waals surface area contributed by atoms with Gasteiger partial charge >= 0.3 is 6.18 Å². The lowest BCUT2D eigenvalue weighted by molar-refractivity contribution is -0.137. The topological polar surface area (TPSA) is 90.4 Å². The number of imidazole rings is 1. The lowest BCUT2D eigenvalue weighted by Crippen LogP contribution is -2.12. The zero-order chi connectivity index (χ0) is 20.1. The van der Waals surface area contributed by atoms with E-state index in [4.69, 9.17) is 5.14 Å². The van der Waals surface area contributed by atoms with Crippen LogP contribution < -0.4 is 5.14 Å². The highest BCUT2D eigenvalue weighted by Crippen LogP contribution is 2.33. The summed E-state index contributed by atoms with van der Waals surface area (Å²) in [6.45, 7) is 0. The fourth-order valence-corrected chi connectivity index (χ4v) is 4.15. The maximum atomic E-state index is 12.9. The Morgan fingerprint density at radius 2 is 1.68 bits per heavy atom. The van der Waals surface area contributed by atoms with Gasteiger partial charge in [0.1, 0.15) is 0 Å². The van der Waals surface area contributed by atoms with Crippen LogP contribution in [0, 0.1) is 0 Å². The number of fused-ring (bicyclic) bond motifs is 1. The van der Waals surface area contributed by atoms with E-state index in [-0.39, 0.29) is 4.34 Å². The molecule has 11 heteroatoms. The van der Waals surface area contributed by atoms with Gasteiger partial charge in [-0.2, -0.15) is 13.2 Å². The number of nitrogens with two attached hydrogens (primary N) is 1. The molecule has 4 rings (SSSR count). The first-order chi connectivity index (χ1) is 13.1. The molecule has 0 aliphatic rings. The normalized spacial score (nSPS) is 12.6. The Kier molecular flexibility index (Phi) is 4.25. The summed E-state index contributed by atoms with van der Waals surface area (Å²) in [5.41, 5.74) is 1.64. The number of nitrogens with zero attached hydrogens (tertiary/aromatic N) is 3. The van der Waals surface area contributed by atoms with Crippen molar-refractivity contribution in [2.24, 2.45) is 5.14 Å². The van der Waals surface area contributed by atoms with Gasteiger partial charge in [-0.1, -0.05) is 47.7 Å². The van der Waals surface area contributed by atoms with Crippen LogP contribution in [0.5, 0.6) is 0 Å². The Labute approximate surface area is 161 Å². The standard InChI is InChI=1S/C17H11F3N4O2S2/c18-17(19,20)13-3-1-2-12(8-13)10-4-6-11(7-5-10)14-9-24-15(22-14)27-16(23-24)28(21,25)26/h1-9H,(H2,21,25,26). The van der Waals surface area contributed by atoms with Crippen LogP contribution in [0.15, 0.2) is 59.1 Å². The highest BCUT2D eigenvalue weighted by atomic mass is 32.2. The number of benzene rings is 2. The second-order valence-corrected chi connectivity index (χ2v) is 8.61. The molecule has 2 aromatic carbocycles. The van der Waals surface area contributed by atoms with Crippen molar-refractivity contribution in [1.82, 2.24) is 14.6 Å². The molecule has 28 heavy (non-hydrogen) atoms. The first-order valence-electron chi connectivity index (χ1n) is 7.78. The zero-order valence-electron chi connectivity index (χ0n) is 13.9. The van der Waals surface area contributed by atoms with E-state index < -0.39 is 21.8 Å². The molecule has 0 unspecified atom stereocenters. The quantitative estimate of drug-likeness (QED) is 0.542. The molecule has 0 amide bonds. The maximum Gasteiger partial charge on any atom is 0.416 e. The zero-order valence-corrected chi connectivity index (χ0v) is 15.5. The van der Waals surface area contributed by atoms with Gasteiger partial charge in [0, 0.05) is 5.56 Å². The third kappa shape index (κ3) is 3.51. The molecular weight excluding hydrogens is 413 g/mol. The van der Waals surface area contributed by atoms with Crippen molar-refractivity contribution < 1.29 is 21.6 Å². The first-order valence-corrected chi connectivity index (χ1v) is 10.1. The highest BCUT2D eigenvalue weighted by Gasteiger charge is 2.30. The van der Waals surface area contributed by atoms with Crippen LogP contribution in [0.1, 0.15) is 5.56 Å². The summed E-state index contributed by atoms with van der Waals surface area (Å²) in [5, 5.41) is 8.93. The lowest BCUT2D eigenvalue weighted by atomic mass is 10.0. The maximum absolute atomic E-state index is 12.9. The largest absolute Gasteiger partial charge is 0.416 e. The van der Waals surface area contributed by atoms with Crippen molar-refractivity contribution in [2.45, 2.75) is 10.5 Å². The van der Waals surface area contributed by atoms with Gasteiger partial charge < -0.3 is 0 Å². The molecular formula is C17H11F3N4O2S2. The smallest absolute Gasteiger partial charge is 0.223 e. The summed E-state index contributed by atoms with van der Waals surface area (Å²) in [5.74, 6) is 0. The second-order valence-electron chi connectivity index (χ2n) is 5.92. The van der Waals surface area contributed by atoms with E-state index in [1.165, 1.54) is 10.6 Å². The summed E-state index contributed by atoms with van der Waals surface area (Å²) in [4.78, 5) is 4.68. The van der Waals surface area contributed by atoms with Crippen LogP contribution in [0.25, 0.3) is 27.3 Å². The number of primary sulfonamides is 1. The lowest BCUT2D eigenvalue weighted by Gasteiger charge is -2.09. The fourth-order valence-electron chi connectivity index (χ4n) is 2.64. The Balaban J connectivity index is 1.65. The van der Waals surface area contributed by atoms with E-state index in [1.54, 1.807) is 36.5 Å². The molecule has 0 radical (unpaired) electrons. The molecule has 0 fully saturated rings. The summed E-state index contributed by atoms with van der Waals surface area (Å²) in [7, 11) is -3.90. The Morgan fingerprint density at radius 3 is 2.29 bits per heavy atom. The number of alkyl halides is 3. The Hall–Kier alpha value is -2.76. The average Bonchev–Trinajstić information content (AvgIpc) is 3.20. The molecule has 2 N–H and O–H groups in total. The number of hydrogen-bond donors (Lipinski definition) is 1. The molecule has 0 saturated carbocycles. The van der Waals surface area contributed by atoms with Crippen LogP contribution in [-0.2, 0) is 16.2 Å². The van der Waals surface area contributed by atoms with Crippen molar-refractivity contribution in [3.05, 3.63) is 60.3 Å². The Bertz CT molecular complexity index is 1240. The Morgan fingerprint density at radius 1 is 1.00 bits per heavy atom. The van der Waals surface area contributed by atoms with Gasteiger partial charge in [-0.05, 0) is 23.3 Å². The molecule has 0 aliphatic heterocycles. The van der Waals surface area contributed by atoms with E-state index in [2.05, 4.69) is 10.1 Å². The molecule has 2 aromatic heterocycles. The molecule has 6 nitrogen and oxygen atoms in total. The third-order valence-corrected chi connectivity index (χ3v) is 6.20. The molecule has 0 spiro atoms. The first kappa shape index (κ1) is 18.6. The number of rotatable bonds is 3. The summed E-state index contributed by atoms with van der Waals surface area (Å²) in [6.07, 6.45) is -2.85. The summed E-state index contributed by atoms with van der Waals surface area (Å²) in [6, 6.07) is 11.9. The molecule has 144 valence electrons. The molecule has 0 atom stereocenters. The summed E-state index contributed by atoms with van der Waals surface area (Å²) >= 11 is 0.845. The van der Waals surface area contributed by atoms with E-state index >= 15 is 0 Å². The highest BCUT2D eigenvalue weighted by molar-refractivity contribution is 7.91. The van der Waals surface area contributed by atoms with Gasteiger partial charge in [0.15, 0.2) is 0 Å². The molecule has 4 aromatic rings. The van der Waals surface area contributed by atoms with Gasteiger partial charge in [0.25, 0.3) is 10.0 Å². The van der Waals surface area contributed by atoms with E-state index in [0.29, 0.717) is 27.3 Å². The van der Waals surface area contributed by atoms with Crippen LogP contribution >= 0.6 is 11.3 Å². The van der Waals surface area contributed by atoms with Crippen LogP contribution in [0.4, 0.5) is 13.2 Å². The monoisotopic (exact) mass is 424 g/mol. The van der Waals surface area contributed by atoms with E-state index in [0.717, 1.165) is 23.5 Å². The average molecular weight is 424 g/mol. The van der Waals surface area contributed by atoms with Crippen molar-refractivity contribution >= 4 is 26.3 Å². The minimum absolute atomic E-state index is 0.235. The van der Waals surface area contributed by atoms with Gasteiger partial charge in [0.2, 0.25) is 9.30 Å². The number of halogens is 3. The predicted molar refractivity (Wildman–Crippen MR) is 98.1 cm³/mol. The third-order valence-electron chi connectivity index (χ3n) is 3.97. The second kappa shape index (κ2) is 6.40. The van der Waals surface area contributed by atoms with E-state index in [9.17, 15) is 21.6 Å². The van der Waals surface area contributed by atoms with Crippen LogP contribution in [0.3, 0.4) is 0 Å². The van der Waals surface area contributed by atoms with Crippen LogP contribution in [-0.4, -0.2) is 23.0 Å². The molecule has 2 heterocycles. The minimum atomic E-state index is -4.40. The van der Waals surface area contributed by atoms with Crippen LogP contribution in [0.2, 0.25) is 0 Å². The van der Waals surface area contributed by atoms with E-state index in [1.807, 2.05) is 0 Å². The van der Waals surface area contributed by atoms with Crippen molar-refractivity contribution in [2.75, 3.05) is 0 Å². The van der Waals surface area contributed by atoms with Gasteiger partial charge in [0.05, 0.1) is 17.5 Å².